The van der Waals surface area contributed by atoms with Crippen LogP contribution in [0.2, 0.25) is 5.02 Å². The quantitative estimate of drug-likeness (QED) is 0.662. The molecule has 0 amide bonds. The van der Waals surface area contributed by atoms with Gasteiger partial charge in [-0.15, -0.1) is 0 Å². The summed E-state index contributed by atoms with van der Waals surface area (Å²) in [5, 5.41) is 2.81. The third kappa shape index (κ3) is 2.78. The zero-order valence-corrected chi connectivity index (χ0v) is 11.1. The van der Waals surface area contributed by atoms with Crippen LogP contribution in [0.1, 0.15) is 17.2 Å². The van der Waals surface area contributed by atoms with Crippen LogP contribution in [-0.2, 0) is 0 Å². The Labute approximate surface area is 118 Å². The van der Waals surface area contributed by atoms with Gasteiger partial charge in [0.25, 0.3) is 0 Å². The minimum absolute atomic E-state index is 0.0634. The number of benzene rings is 2. The lowest BCUT2D eigenvalue weighted by molar-refractivity contribution is 0.483. The van der Waals surface area contributed by atoms with Gasteiger partial charge in [0.15, 0.2) is 11.6 Å². The van der Waals surface area contributed by atoms with Crippen molar-refractivity contribution in [2.75, 3.05) is 7.05 Å². The normalized spacial score (nSPS) is 12.5. The topological polar surface area (TPSA) is 12.0 Å². The smallest absolute Gasteiger partial charge is 0.161 e. The number of rotatable bonds is 3. The summed E-state index contributed by atoms with van der Waals surface area (Å²) in [4.78, 5) is 0. The summed E-state index contributed by atoms with van der Waals surface area (Å²) >= 11 is 5.91. The van der Waals surface area contributed by atoms with Crippen LogP contribution in [0.5, 0.6) is 0 Å². The molecular formula is C14H10ClF4N. The molecule has 0 spiro atoms. The minimum Gasteiger partial charge on any atom is -0.309 e. The Bertz CT molecular complexity index is 645. The Morgan fingerprint density at radius 2 is 1.55 bits per heavy atom. The van der Waals surface area contributed by atoms with Crippen LogP contribution in [0.3, 0.4) is 0 Å². The van der Waals surface area contributed by atoms with E-state index in [9.17, 15) is 17.6 Å². The summed E-state index contributed by atoms with van der Waals surface area (Å²) in [6.07, 6.45) is 0. The van der Waals surface area contributed by atoms with Gasteiger partial charge in [-0.1, -0.05) is 17.7 Å². The van der Waals surface area contributed by atoms with Gasteiger partial charge in [0.1, 0.15) is 11.6 Å². The van der Waals surface area contributed by atoms with Gasteiger partial charge in [-0.05, 0) is 30.8 Å². The molecule has 2 aromatic rings. The number of hydrogen-bond acceptors (Lipinski definition) is 1. The molecule has 20 heavy (non-hydrogen) atoms. The van der Waals surface area contributed by atoms with Crippen molar-refractivity contribution in [1.29, 1.82) is 0 Å². The first-order valence-electron chi connectivity index (χ1n) is 5.70. The van der Waals surface area contributed by atoms with Crippen LogP contribution in [0.15, 0.2) is 30.3 Å². The lowest BCUT2D eigenvalue weighted by Crippen LogP contribution is -2.20. The average molecular weight is 304 g/mol. The zero-order valence-electron chi connectivity index (χ0n) is 10.4. The molecule has 0 fully saturated rings. The Morgan fingerprint density at radius 3 is 2.15 bits per heavy atom. The van der Waals surface area contributed by atoms with Crippen LogP contribution in [0, 0.1) is 23.3 Å². The van der Waals surface area contributed by atoms with Crippen molar-refractivity contribution in [3.05, 3.63) is 69.8 Å². The van der Waals surface area contributed by atoms with Gasteiger partial charge in [-0.25, -0.2) is 17.6 Å². The van der Waals surface area contributed by atoms with Crippen LogP contribution in [0.4, 0.5) is 17.6 Å². The van der Waals surface area contributed by atoms with Crippen LogP contribution in [0.25, 0.3) is 0 Å². The SMILES string of the molecule is CNC(c1cc(F)c(F)cc1F)c1ccc(F)cc1Cl. The molecule has 0 bridgehead atoms. The molecule has 0 aliphatic heterocycles. The highest BCUT2D eigenvalue weighted by molar-refractivity contribution is 6.31. The van der Waals surface area contributed by atoms with Crippen molar-refractivity contribution in [3.8, 4) is 0 Å². The maximum atomic E-state index is 13.8. The van der Waals surface area contributed by atoms with Crippen molar-refractivity contribution >= 4 is 11.6 Å². The molecule has 1 atom stereocenters. The van der Waals surface area contributed by atoms with Gasteiger partial charge in [0.05, 0.1) is 6.04 Å². The molecule has 1 unspecified atom stereocenters. The lowest BCUT2D eigenvalue weighted by atomic mass is 9.98. The van der Waals surface area contributed by atoms with Crippen molar-refractivity contribution in [2.24, 2.45) is 0 Å². The highest BCUT2D eigenvalue weighted by Gasteiger charge is 2.21. The average Bonchev–Trinajstić information content (AvgIpc) is 2.38. The largest absolute Gasteiger partial charge is 0.309 e. The molecule has 0 aliphatic rings. The predicted molar refractivity (Wildman–Crippen MR) is 68.6 cm³/mol. The number of halogens is 5. The fraction of sp³-hybridized carbons (Fsp3) is 0.143. The third-order valence-electron chi connectivity index (χ3n) is 2.91. The fourth-order valence-electron chi connectivity index (χ4n) is 1.97. The van der Waals surface area contributed by atoms with E-state index in [1.54, 1.807) is 0 Å². The molecule has 1 nitrogen and oxygen atoms in total. The summed E-state index contributed by atoms with van der Waals surface area (Å²) in [5.41, 5.74) is 0.250. The molecule has 0 saturated heterocycles. The van der Waals surface area contributed by atoms with E-state index in [1.807, 2.05) is 0 Å². The van der Waals surface area contributed by atoms with E-state index in [4.69, 9.17) is 11.6 Å². The summed E-state index contributed by atoms with van der Waals surface area (Å²) in [5.74, 6) is -3.89. The Balaban J connectivity index is 2.55. The molecule has 6 heteroatoms. The van der Waals surface area contributed by atoms with Crippen molar-refractivity contribution < 1.29 is 17.6 Å². The van der Waals surface area contributed by atoms with Crippen molar-refractivity contribution in [2.45, 2.75) is 6.04 Å². The first-order valence-corrected chi connectivity index (χ1v) is 6.08. The van der Waals surface area contributed by atoms with E-state index < -0.39 is 29.3 Å². The van der Waals surface area contributed by atoms with E-state index in [0.717, 1.165) is 18.2 Å². The highest BCUT2D eigenvalue weighted by Crippen LogP contribution is 2.31. The summed E-state index contributed by atoms with van der Waals surface area (Å²) in [6, 6.07) is 3.98. The van der Waals surface area contributed by atoms with Crippen LogP contribution in [-0.4, -0.2) is 7.05 Å². The lowest BCUT2D eigenvalue weighted by Gasteiger charge is -2.19. The molecule has 0 saturated carbocycles. The molecule has 0 heterocycles. The van der Waals surface area contributed by atoms with E-state index in [2.05, 4.69) is 5.32 Å². The number of hydrogen-bond donors (Lipinski definition) is 1. The first kappa shape index (κ1) is 14.8. The van der Waals surface area contributed by atoms with Crippen molar-refractivity contribution in [3.63, 3.8) is 0 Å². The van der Waals surface area contributed by atoms with E-state index in [1.165, 1.54) is 13.1 Å². The molecule has 2 rings (SSSR count). The molecular weight excluding hydrogens is 294 g/mol. The Kier molecular flexibility index (Phi) is 4.30. The number of nitrogens with one attached hydrogen (secondary N) is 1. The van der Waals surface area contributed by atoms with E-state index >= 15 is 0 Å². The van der Waals surface area contributed by atoms with E-state index in [-0.39, 0.29) is 10.6 Å². The second kappa shape index (κ2) is 5.81. The van der Waals surface area contributed by atoms with Crippen LogP contribution >= 0.6 is 11.6 Å². The van der Waals surface area contributed by atoms with E-state index in [0.29, 0.717) is 11.6 Å². The minimum atomic E-state index is -1.27. The molecule has 0 aromatic heterocycles. The molecule has 0 radical (unpaired) electrons. The van der Waals surface area contributed by atoms with Gasteiger partial charge in [-0.2, -0.15) is 0 Å². The second-order valence-electron chi connectivity index (χ2n) is 4.18. The van der Waals surface area contributed by atoms with Gasteiger partial charge in [0.2, 0.25) is 0 Å². The summed E-state index contributed by atoms with van der Waals surface area (Å²) in [6.45, 7) is 0. The Hall–Kier alpha value is -1.59. The monoisotopic (exact) mass is 303 g/mol. The zero-order chi connectivity index (χ0) is 14.9. The van der Waals surface area contributed by atoms with Gasteiger partial charge >= 0.3 is 0 Å². The molecule has 2 aromatic carbocycles. The highest BCUT2D eigenvalue weighted by atomic mass is 35.5. The van der Waals surface area contributed by atoms with Crippen molar-refractivity contribution in [1.82, 2.24) is 5.32 Å². The first-order chi connectivity index (χ1) is 9.43. The molecule has 0 aliphatic carbocycles. The Morgan fingerprint density at radius 1 is 0.900 bits per heavy atom. The fourth-order valence-corrected chi connectivity index (χ4v) is 2.25. The maximum Gasteiger partial charge on any atom is 0.161 e. The second-order valence-corrected chi connectivity index (χ2v) is 4.58. The molecule has 106 valence electrons. The van der Waals surface area contributed by atoms with Gasteiger partial charge < -0.3 is 5.32 Å². The van der Waals surface area contributed by atoms with Gasteiger partial charge in [0, 0.05) is 16.7 Å². The summed E-state index contributed by atoms with van der Waals surface area (Å²) in [7, 11) is 1.51. The third-order valence-corrected chi connectivity index (χ3v) is 3.24. The van der Waals surface area contributed by atoms with Gasteiger partial charge in [-0.3, -0.25) is 0 Å². The molecule has 1 N–H and O–H groups in total. The maximum absolute atomic E-state index is 13.8. The van der Waals surface area contributed by atoms with Crippen LogP contribution < -0.4 is 5.32 Å². The summed E-state index contributed by atoms with van der Waals surface area (Å²) < 4.78 is 53.0. The standard InChI is InChI=1S/C14H10ClF4N/c1-20-14(8-3-2-7(16)4-10(8)15)9-5-12(18)13(19)6-11(9)17/h2-6,14,20H,1H3. The predicted octanol–water partition coefficient (Wildman–Crippen LogP) is 4.21.